The molecule has 0 fully saturated rings. The molecule has 0 amide bonds. The fourth-order valence-corrected chi connectivity index (χ4v) is 1.26. The average Bonchev–Trinajstić information content (AvgIpc) is 2.12. The highest BCUT2D eigenvalue weighted by atomic mass is 14.9. The first kappa shape index (κ1) is 7.91. The lowest BCUT2D eigenvalue weighted by Crippen LogP contribution is -1.97. The number of pyridine rings is 1. The van der Waals surface area contributed by atoms with Crippen LogP contribution in [0.5, 0.6) is 0 Å². The third-order valence-corrected chi connectivity index (χ3v) is 2.20. The van der Waals surface area contributed by atoms with Gasteiger partial charge in [0.1, 0.15) is 12.1 Å². The van der Waals surface area contributed by atoms with Crippen molar-refractivity contribution in [2.75, 3.05) is 5.73 Å². The van der Waals surface area contributed by atoms with E-state index in [1.54, 1.807) is 6.20 Å². The summed E-state index contributed by atoms with van der Waals surface area (Å²) >= 11 is 0. The highest BCUT2D eigenvalue weighted by molar-refractivity contribution is 5.89. The van der Waals surface area contributed by atoms with Gasteiger partial charge in [0.2, 0.25) is 0 Å². The number of aryl methyl sites for hydroxylation is 2. The molecule has 2 N–H and O–H groups in total. The number of hydrogen-bond acceptors (Lipinski definition) is 4. The Morgan fingerprint density at radius 1 is 1.15 bits per heavy atom. The third kappa shape index (κ3) is 1.11. The molecule has 0 unspecified atom stereocenters. The Bertz CT molecular complexity index is 464. The first-order valence-electron chi connectivity index (χ1n) is 4.02. The summed E-state index contributed by atoms with van der Waals surface area (Å²) in [6, 6.07) is 0. The van der Waals surface area contributed by atoms with Crippen LogP contribution in [0.1, 0.15) is 11.3 Å². The number of nitrogen functional groups attached to an aromatic ring is 1. The van der Waals surface area contributed by atoms with E-state index in [2.05, 4.69) is 15.0 Å². The summed E-state index contributed by atoms with van der Waals surface area (Å²) in [5.41, 5.74) is 8.61. The molecule has 0 bridgehead atoms. The molecule has 4 nitrogen and oxygen atoms in total. The number of nitrogens with zero attached hydrogens (tertiary/aromatic N) is 3. The van der Waals surface area contributed by atoms with Gasteiger partial charge in [-0.15, -0.1) is 0 Å². The van der Waals surface area contributed by atoms with Crippen molar-refractivity contribution in [1.29, 1.82) is 0 Å². The van der Waals surface area contributed by atoms with Gasteiger partial charge in [0.25, 0.3) is 0 Å². The molecule has 2 rings (SSSR count). The van der Waals surface area contributed by atoms with Gasteiger partial charge in [-0.1, -0.05) is 0 Å². The molecule has 0 saturated heterocycles. The van der Waals surface area contributed by atoms with Gasteiger partial charge in [0.15, 0.2) is 0 Å². The van der Waals surface area contributed by atoms with Crippen molar-refractivity contribution in [3.05, 3.63) is 23.8 Å². The Hall–Kier alpha value is -1.71. The van der Waals surface area contributed by atoms with Crippen LogP contribution >= 0.6 is 0 Å². The van der Waals surface area contributed by atoms with Gasteiger partial charge < -0.3 is 5.73 Å². The topological polar surface area (TPSA) is 64.7 Å². The Morgan fingerprint density at radius 2 is 1.92 bits per heavy atom. The maximum atomic E-state index is 5.68. The first-order valence-corrected chi connectivity index (χ1v) is 4.02. The summed E-state index contributed by atoms with van der Waals surface area (Å²) in [4.78, 5) is 12.3. The van der Waals surface area contributed by atoms with Crippen LogP contribution < -0.4 is 5.73 Å². The minimum atomic E-state index is 0.487. The van der Waals surface area contributed by atoms with Crippen LogP contribution in [0, 0.1) is 13.8 Å². The van der Waals surface area contributed by atoms with E-state index in [0.717, 1.165) is 22.2 Å². The highest BCUT2D eigenvalue weighted by Crippen LogP contribution is 2.19. The summed E-state index contributed by atoms with van der Waals surface area (Å²) in [5.74, 6) is 0.487. The smallest absolute Gasteiger partial charge is 0.136 e. The zero-order valence-corrected chi connectivity index (χ0v) is 7.57. The average molecular weight is 174 g/mol. The van der Waals surface area contributed by atoms with E-state index in [0.29, 0.717) is 5.82 Å². The summed E-state index contributed by atoms with van der Waals surface area (Å²) in [6.07, 6.45) is 3.19. The van der Waals surface area contributed by atoms with E-state index in [1.165, 1.54) is 6.33 Å². The van der Waals surface area contributed by atoms with Crippen molar-refractivity contribution in [1.82, 2.24) is 15.0 Å². The SMILES string of the molecule is Cc1ncc2c(N)ncnc2c1C. The van der Waals surface area contributed by atoms with E-state index in [-0.39, 0.29) is 0 Å². The predicted molar refractivity (Wildman–Crippen MR) is 51.2 cm³/mol. The number of nitrogens with two attached hydrogens (primary N) is 1. The van der Waals surface area contributed by atoms with E-state index in [4.69, 9.17) is 5.73 Å². The Labute approximate surface area is 75.8 Å². The van der Waals surface area contributed by atoms with Crippen molar-refractivity contribution in [2.45, 2.75) is 13.8 Å². The van der Waals surface area contributed by atoms with Crippen molar-refractivity contribution in [3.8, 4) is 0 Å². The first-order chi connectivity index (χ1) is 6.20. The number of hydrogen-bond donors (Lipinski definition) is 1. The predicted octanol–water partition coefficient (Wildman–Crippen LogP) is 1.22. The second kappa shape index (κ2) is 2.65. The number of rotatable bonds is 0. The zero-order chi connectivity index (χ0) is 9.42. The lowest BCUT2D eigenvalue weighted by Gasteiger charge is -2.04. The lowest BCUT2D eigenvalue weighted by molar-refractivity contribution is 1.14. The molecule has 0 atom stereocenters. The maximum absolute atomic E-state index is 5.68. The largest absolute Gasteiger partial charge is 0.383 e. The molecule has 2 aromatic rings. The van der Waals surface area contributed by atoms with E-state index in [1.807, 2.05) is 13.8 Å². The Kier molecular flexibility index (Phi) is 1.62. The molecule has 0 aliphatic carbocycles. The number of aromatic nitrogens is 3. The lowest BCUT2D eigenvalue weighted by atomic mass is 10.1. The normalized spacial score (nSPS) is 10.6. The van der Waals surface area contributed by atoms with Crippen LogP contribution in [0.15, 0.2) is 12.5 Å². The van der Waals surface area contributed by atoms with Gasteiger partial charge in [0, 0.05) is 11.9 Å². The molecule has 66 valence electrons. The van der Waals surface area contributed by atoms with Crippen LogP contribution in [0.4, 0.5) is 5.82 Å². The Balaban J connectivity index is 2.94. The molecular formula is C9H10N4. The minimum Gasteiger partial charge on any atom is -0.383 e. The van der Waals surface area contributed by atoms with Gasteiger partial charge in [-0.2, -0.15) is 0 Å². The van der Waals surface area contributed by atoms with Gasteiger partial charge >= 0.3 is 0 Å². The molecule has 2 aromatic heterocycles. The third-order valence-electron chi connectivity index (χ3n) is 2.20. The molecule has 2 heterocycles. The second-order valence-corrected chi connectivity index (χ2v) is 2.99. The summed E-state index contributed by atoms with van der Waals surface area (Å²) in [7, 11) is 0. The summed E-state index contributed by atoms with van der Waals surface area (Å²) in [5, 5.41) is 0.825. The standard InChI is InChI=1S/C9H10N4/c1-5-6(2)11-3-7-8(5)12-4-13-9(7)10/h3-4H,1-2H3,(H2,10,12,13). The van der Waals surface area contributed by atoms with Crippen LogP contribution in [0.2, 0.25) is 0 Å². The van der Waals surface area contributed by atoms with Crippen LogP contribution in [-0.4, -0.2) is 15.0 Å². The molecule has 0 spiro atoms. The van der Waals surface area contributed by atoms with Gasteiger partial charge in [-0.25, -0.2) is 9.97 Å². The van der Waals surface area contributed by atoms with Crippen molar-refractivity contribution < 1.29 is 0 Å². The quantitative estimate of drug-likeness (QED) is 0.652. The molecule has 0 aromatic carbocycles. The van der Waals surface area contributed by atoms with Crippen molar-refractivity contribution in [2.24, 2.45) is 0 Å². The molecule has 0 aliphatic rings. The second-order valence-electron chi connectivity index (χ2n) is 2.99. The zero-order valence-electron chi connectivity index (χ0n) is 7.57. The van der Waals surface area contributed by atoms with Crippen molar-refractivity contribution in [3.63, 3.8) is 0 Å². The van der Waals surface area contributed by atoms with Crippen LogP contribution in [0.25, 0.3) is 10.9 Å². The number of anilines is 1. The molecule has 13 heavy (non-hydrogen) atoms. The highest BCUT2D eigenvalue weighted by Gasteiger charge is 2.05. The summed E-state index contributed by atoms with van der Waals surface area (Å²) in [6.45, 7) is 3.93. The van der Waals surface area contributed by atoms with Crippen molar-refractivity contribution >= 4 is 16.7 Å². The van der Waals surface area contributed by atoms with Gasteiger partial charge in [0.05, 0.1) is 10.9 Å². The van der Waals surface area contributed by atoms with Crippen LogP contribution in [-0.2, 0) is 0 Å². The van der Waals surface area contributed by atoms with E-state index >= 15 is 0 Å². The minimum absolute atomic E-state index is 0.487. The molecule has 0 radical (unpaired) electrons. The fourth-order valence-electron chi connectivity index (χ4n) is 1.26. The van der Waals surface area contributed by atoms with Gasteiger partial charge in [-0.05, 0) is 19.4 Å². The maximum Gasteiger partial charge on any atom is 0.136 e. The fraction of sp³-hybridized carbons (Fsp3) is 0.222. The van der Waals surface area contributed by atoms with E-state index in [9.17, 15) is 0 Å². The molecule has 0 saturated carbocycles. The number of fused-ring (bicyclic) bond motifs is 1. The van der Waals surface area contributed by atoms with E-state index < -0.39 is 0 Å². The molecule has 4 heteroatoms. The van der Waals surface area contributed by atoms with Gasteiger partial charge in [-0.3, -0.25) is 4.98 Å². The monoisotopic (exact) mass is 174 g/mol. The molecule has 0 aliphatic heterocycles. The van der Waals surface area contributed by atoms with Crippen LogP contribution in [0.3, 0.4) is 0 Å². The molecular weight excluding hydrogens is 164 g/mol. The Morgan fingerprint density at radius 3 is 2.69 bits per heavy atom. The summed E-state index contributed by atoms with van der Waals surface area (Å²) < 4.78 is 0.